The number of hydrogen-bond acceptors (Lipinski definition) is 6. The average molecular weight is 427 g/mol. The molecule has 1 spiro atoms. The van der Waals surface area contributed by atoms with Gasteiger partial charge in [0.05, 0.1) is 30.3 Å². The van der Waals surface area contributed by atoms with Crippen molar-refractivity contribution in [3.8, 4) is 0 Å². The van der Waals surface area contributed by atoms with Crippen LogP contribution >= 0.6 is 0 Å². The van der Waals surface area contributed by atoms with Crippen LogP contribution in [0.4, 0.5) is 5.69 Å². The van der Waals surface area contributed by atoms with Crippen molar-refractivity contribution in [3.05, 3.63) is 41.1 Å². The fourth-order valence-corrected chi connectivity index (χ4v) is 6.56. The predicted octanol–water partition coefficient (Wildman–Crippen LogP) is 3.87. The summed E-state index contributed by atoms with van der Waals surface area (Å²) in [6.45, 7) is 7.73. The van der Waals surface area contributed by atoms with Crippen LogP contribution in [0.2, 0.25) is 0 Å². The Kier molecular flexibility index (Phi) is 4.96. The first-order valence-corrected chi connectivity index (χ1v) is 11.6. The molecule has 2 N–H and O–H groups in total. The van der Waals surface area contributed by atoms with Crippen LogP contribution in [0.1, 0.15) is 58.4 Å². The molecule has 0 radical (unpaired) electrons. The SMILES string of the molecule is CC[C@]1(C[C@H]2CCC(C(=O)OC)=C3Nc4ccccc4[C@]34CCN[C@H]24)COC(C)(C)O1. The van der Waals surface area contributed by atoms with Gasteiger partial charge in [-0.15, -0.1) is 0 Å². The van der Waals surface area contributed by atoms with E-state index in [1.54, 1.807) is 0 Å². The number of para-hydroxylation sites is 1. The third-order valence-corrected chi connectivity index (χ3v) is 7.92. The van der Waals surface area contributed by atoms with Gasteiger partial charge in [0.2, 0.25) is 0 Å². The lowest BCUT2D eigenvalue weighted by molar-refractivity contribution is -0.166. The number of nitrogens with one attached hydrogen (secondary N) is 2. The number of hydrogen-bond donors (Lipinski definition) is 2. The monoisotopic (exact) mass is 426 g/mol. The van der Waals surface area contributed by atoms with Gasteiger partial charge in [-0.05, 0) is 70.0 Å². The van der Waals surface area contributed by atoms with Crippen LogP contribution in [-0.4, -0.2) is 43.7 Å². The van der Waals surface area contributed by atoms with E-state index in [2.05, 4.69) is 41.8 Å². The molecule has 1 aromatic rings. The standard InChI is InChI=1S/C25H34N2O4/c1-5-24(15-30-23(2,3)31-24)14-16-10-11-17(22(28)29-4)21-25(12-13-26-20(16)25)18-8-6-7-9-19(18)27-21/h6-9,16,20,26-27H,5,10-15H2,1-4H3/t16-,20-,24+,25+/m1/s1. The summed E-state index contributed by atoms with van der Waals surface area (Å²) < 4.78 is 17.7. The van der Waals surface area contributed by atoms with Gasteiger partial charge < -0.3 is 24.8 Å². The van der Waals surface area contributed by atoms with Gasteiger partial charge in [-0.2, -0.15) is 0 Å². The Morgan fingerprint density at radius 2 is 2.10 bits per heavy atom. The molecule has 6 nitrogen and oxygen atoms in total. The molecule has 2 saturated heterocycles. The fraction of sp³-hybridized carbons (Fsp3) is 0.640. The Morgan fingerprint density at radius 1 is 1.29 bits per heavy atom. The molecule has 1 aliphatic carbocycles. The Morgan fingerprint density at radius 3 is 2.81 bits per heavy atom. The van der Waals surface area contributed by atoms with E-state index in [0.29, 0.717) is 18.9 Å². The number of ether oxygens (including phenoxy) is 3. The summed E-state index contributed by atoms with van der Waals surface area (Å²) in [5, 5.41) is 7.48. The Labute approximate surface area is 184 Å². The summed E-state index contributed by atoms with van der Waals surface area (Å²) in [7, 11) is 1.48. The summed E-state index contributed by atoms with van der Waals surface area (Å²) in [6.07, 6.45) is 4.41. The molecule has 0 amide bonds. The first-order valence-electron chi connectivity index (χ1n) is 11.6. The molecule has 3 aliphatic heterocycles. The Balaban J connectivity index is 1.58. The quantitative estimate of drug-likeness (QED) is 0.713. The highest BCUT2D eigenvalue weighted by Gasteiger charge is 2.58. The van der Waals surface area contributed by atoms with Crippen molar-refractivity contribution in [2.24, 2.45) is 5.92 Å². The van der Waals surface area contributed by atoms with Crippen molar-refractivity contribution in [1.82, 2.24) is 5.32 Å². The first kappa shape index (κ1) is 21.0. The molecule has 5 rings (SSSR count). The van der Waals surface area contributed by atoms with Crippen molar-refractivity contribution in [2.75, 3.05) is 25.6 Å². The minimum Gasteiger partial charge on any atom is -0.466 e. The highest BCUT2D eigenvalue weighted by atomic mass is 16.8. The van der Waals surface area contributed by atoms with Gasteiger partial charge >= 0.3 is 5.97 Å². The van der Waals surface area contributed by atoms with E-state index in [1.165, 1.54) is 12.7 Å². The smallest absolute Gasteiger partial charge is 0.335 e. The number of esters is 1. The van der Waals surface area contributed by atoms with E-state index in [9.17, 15) is 4.79 Å². The van der Waals surface area contributed by atoms with Crippen LogP contribution in [0.5, 0.6) is 0 Å². The van der Waals surface area contributed by atoms with Crippen LogP contribution in [0.15, 0.2) is 35.5 Å². The molecule has 0 bridgehead atoms. The molecule has 4 aliphatic rings. The number of benzene rings is 1. The van der Waals surface area contributed by atoms with Crippen LogP contribution < -0.4 is 10.6 Å². The highest BCUT2D eigenvalue weighted by molar-refractivity contribution is 5.92. The minimum atomic E-state index is -0.552. The molecular formula is C25H34N2O4. The topological polar surface area (TPSA) is 68.8 Å². The number of anilines is 1. The maximum absolute atomic E-state index is 12.9. The van der Waals surface area contributed by atoms with Crippen molar-refractivity contribution < 1.29 is 19.0 Å². The second-order valence-electron chi connectivity index (χ2n) is 10.00. The van der Waals surface area contributed by atoms with Crippen molar-refractivity contribution in [1.29, 1.82) is 0 Å². The molecule has 3 heterocycles. The summed E-state index contributed by atoms with van der Waals surface area (Å²) in [6, 6.07) is 8.74. The van der Waals surface area contributed by atoms with E-state index in [4.69, 9.17) is 14.2 Å². The number of carbonyl (C=O) groups excluding carboxylic acids is 1. The van der Waals surface area contributed by atoms with Crippen LogP contribution in [0.3, 0.4) is 0 Å². The molecule has 4 atom stereocenters. The van der Waals surface area contributed by atoms with E-state index in [-0.39, 0.29) is 23.0 Å². The molecular weight excluding hydrogens is 392 g/mol. The second-order valence-corrected chi connectivity index (χ2v) is 10.00. The van der Waals surface area contributed by atoms with Gasteiger partial charge in [0.1, 0.15) is 0 Å². The van der Waals surface area contributed by atoms with E-state index in [0.717, 1.165) is 49.2 Å². The first-order chi connectivity index (χ1) is 14.8. The zero-order valence-electron chi connectivity index (χ0n) is 19.0. The largest absolute Gasteiger partial charge is 0.466 e. The summed E-state index contributed by atoms with van der Waals surface area (Å²) in [5.41, 5.74) is 3.73. The normalized spacial score (nSPS) is 35.7. The van der Waals surface area contributed by atoms with Gasteiger partial charge in [-0.3, -0.25) is 0 Å². The number of carbonyl (C=O) groups is 1. The summed E-state index contributed by atoms with van der Waals surface area (Å²) >= 11 is 0. The van der Waals surface area contributed by atoms with Crippen LogP contribution in [-0.2, 0) is 24.4 Å². The lowest BCUT2D eigenvalue weighted by Gasteiger charge is -2.40. The molecule has 6 heteroatoms. The van der Waals surface area contributed by atoms with Crippen molar-refractivity contribution in [3.63, 3.8) is 0 Å². The predicted molar refractivity (Wildman–Crippen MR) is 119 cm³/mol. The fourth-order valence-electron chi connectivity index (χ4n) is 6.56. The summed E-state index contributed by atoms with van der Waals surface area (Å²) in [5.74, 6) is -0.415. The average Bonchev–Trinajstić information content (AvgIpc) is 3.41. The highest BCUT2D eigenvalue weighted by Crippen LogP contribution is 2.56. The van der Waals surface area contributed by atoms with Crippen LogP contribution in [0, 0.1) is 5.92 Å². The number of rotatable bonds is 4. The molecule has 0 aromatic heterocycles. The number of methoxy groups -OCH3 is 1. The molecule has 0 unspecified atom stereocenters. The van der Waals surface area contributed by atoms with Crippen molar-refractivity contribution in [2.45, 2.75) is 75.7 Å². The van der Waals surface area contributed by atoms with E-state index < -0.39 is 5.79 Å². The maximum Gasteiger partial charge on any atom is 0.335 e. The molecule has 1 aromatic carbocycles. The zero-order chi connectivity index (χ0) is 21.9. The molecule has 2 fully saturated rings. The molecule has 168 valence electrons. The minimum absolute atomic E-state index is 0.215. The van der Waals surface area contributed by atoms with Crippen LogP contribution in [0.25, 0.3) is 0 Å². The third kappa shape index (κ3) is 3.14. The lowest BCUT2D eigenvalue weighted by Crippen LogP contribution is -2.48. The zero-order valence-corrected chi connectivity index (χ0v) is 19.0. The molecule has 0 saturated carbocycles. The van der Waals surface area contributed by atoms with Gasteiger partial charge in [0.25, 0.3) is 0 Å². The van der Waals surface area contributed by atoms with E-state index in [1.807, 2.05) is 13.8 Å². The molecule has 31 heavy (non-hydrogen) atoms. The number of fused-ring (bicyclic) bond motifs is 1. The summed E-state index contributed by atoms with van der Waals surface area (Å²) in [4.78, 5) is 12.9. The third-order valence-electron chi connectivity index (χ3n) is 7.92. The van der Waals surface area contributed by atoms with Gasteiger partial charge in [0.15, 0.2) is 5.79 Å². The van der Waals surface area contributed by atoms with Crippen molar-refractivity contribution >= 4 is 11.7 Å². The van der Waals surface area contributed by atoms with E-state index >= 15 is 0 Å². The maximum atomic E-state index is 12.9. The van der Waals surface area contributed by atoms with Gasteiger partial charge in [-0.1, -0.05) is 25.1 Å². The second kappa shape index (κ2) is 7.32. The van der Waals surface area contributed by atoms with Gasteiger partial charge in [0, 0.05) is 17.4 Å². The van der Waals surface area contributed by atoms with Gasteiger partial charge in [-0.25, -0.2) is 4.79 Å². The Bertz CT molecular complexity index is 926. The Hall–Kier alpha value is -1.89. The lowest BCUT2D eigenvalue weighted by atomic mass is 9.67.